The molecule has 2 amide bonds. The molecule has 0 aliphatic heterocycles. The number of carbonyl (C=O) groups excluding carboxylic acids is 2. The van der Waals surface area contributed by atoms with Crippen LogP contribution in [0.15, 0.2) is 16.6 Å². The summed E-state index contributed by atoms with van der Waals surface area (Å²) in [5.41, 5.74) is -0.727. The highest BCUT2D eigenvalue weighted by atomic mass is 79.9. The Morgan fingerprint density at radius 3 is 2.33 bits per heavy atom. The van der Waals surface area contributed by atoms with Gasteiger partial charge in [0, 0.05) is 4.47 Å². The molecule has 2 N–H and O–H groups in total. The third-order valence-corrected chi connectivity index (χ3v) is 2.24. The van der Waals surface area contributed by atoms with Gasteiger partial charge in [-0.3, -0.25) is 9.59 Å². The van der Waals surface area contributed by atoms with Crippen molar-refractivity contribution in [3.63, 3.8) is 0 Å². The lowest BCUT2D eigenvalue weighted by Crippen LogP contribution is -2.35. The molecule has 18 heavy (non-hydrogen) atoms. The van der Waals surface area contributed by atoms with E-state index in [1.54, 1.807) is 11.4 Å². The van der Waals surface area contributed by atoms with Gasteiger partial charge in [-0.15, -0.1) is 0 Å². The van der Waals surface area contributed by atoms with Gasteiger partial charge in [0.05, 0.1) is 6.07 Å². The van der Waals surface area contributed by atoms with Gasteiger partial charge in [-0.2, -0.15) is 5.26 Å². The minimum absolute atomic E-state index is 0.157. The zero-order valence-electron chi connectivity index (χ0n) is 8.76. The molecule has 0 atom stereocenters. The molecule has 1 rings (SSSR count). The van der Waals surface area contributed by atoms with Crippen LogP contribution in [0.5, 0.6) is 0 Å². The second-order valence-corrected chi connectivity index (χ2v) is 3.96. The fraction of sp³-hybridized carbons (Fsp3) is 0.100. The van der Waals surface area contributed by atoms with Gasteiger partial charge in [-0.25, -0.2) is 8.78 Å². The fourth-order valence-electron chi connectivity index (χ4n) is 1.03. The number of nitriles is 1. The van der Waals surface area contributed by atoms with Gasteiger partial charge in [-0.1, -0.05) is 15.9 Å². The molecule has 0 spiro atoms. The number of hydrogen-bond donors (Lipinski definition) is 2. The van der Waals surface area contributed by atoms with E-state index in [4.69, 9.17) is 5.26 Å². The summed E-state index contributed by atoms with van der Waals surface area (Å²) in [6, 6.07) is 3.45. The molecule has 1 aromatic rings. The first-order valence-corrected chi connectivity index (χ1v) is 5.35. The molecule has 0 aromatic heterocycles. The Labute approximate surface area is 109 Å². The number of carbonyl (C=O) groups is 2. The van der Waals surface area contributed by atoms with E-state index >= 15 is 0 Å². The van der Waals surface area contributed by atoms with Crippen molar-refractivity contribution in [2.75, 3.05) is 11.9 Å². The van der Waals surface area contributed by atoms with Gasteiger partial charge < -0.3 is 10.6 Å². The van der Waals surface area contributed by atoms with E-state index in [0.29, 0.717) is 0 Å². The molecule has 0 fully saturated rings. The molecule has 0 aliphatic rings. The highest BCUT2D eigenvalue weighted by Crippen LogP contribution is 2.23. The van der Waals surface area contributed by atoms with Gasteiger partial charge >= 0.3 is 11.8 Å². The van der Waals surface area contributed by atoms with Crippen molar-refractivity contribution < 1.29 is 18.4 Å². The predicted octanol–water partition coefficient (Wildman–Crippen LogP) is 1.31. The van der Waals surface area contributed by atoms with Crippen LogP contribution in [0.25, 0.3) is 0 Å². The molecule has 5 nitrogen and oxygen atoms in total. The number of nitrogens with one attached hydrogen (secondary N) is 2. The number of nitrogens with zero attached hydrogens (tertiary/aromatic N) is 1. The van der Waals surface area contributed by atoms with Gasteiger partial charge in [-0.05, 0) is 12.1 Å². The minimum atomic E-state index is -1.26. The maximum atomic E-state index is 13.3. The van der Waals surface area contributed by atoms with Gasteiger partial charge in [0.2, 0.25) is 0 Å². The molecule has 94 valence electrons. The van der Waals surface area contributed by atoms with Crippen LogP contribution in [0.4, 0.5) is 14.5 Å². The van der Waals surface area contributed by atoms with E-state index in [9.17, 15) is 18.4 Å². The Hall–Kier alpha value is -2.01. The molecule has 0 saturated carbocycles. The van der Waals surface area contributed by atoms with Crippen LogP contribution >= 0.6 is 15.9 Å². The summed E-state index contributed by atoms with van der Waals surface area (Å²) in [6.07, 6.45) is 0. The third kappa shape index (κ3) is 3.49. The Balaban J connectivity index is 2.83. The number of rotatable bonds is 2. The highest BCUT2D eigenvalue weighted by Gasteiger charge is 2.18. The summed E-state index contributed by atoms with van der Waals surface area (Å²) in [4.78, 5) is 22.3. The summed E-state index contributed by atoms with van der Waals surface area (Å²) in [6.45, 7) is -0.377. The number of hydrogen-bond acceptors (Lipinski definition) is 3. The van der Waals surface area contributed by atoms with Crippen molar-refractivity contribution in [3.8, 4) is 6.07 Å². The first-order valence-electron chi connectivity index (χ1n) is 4.56. The van der Waals surface area contributed by atoms with E-state index < -0.39 is 29.1 Å². The van der Waals surface area contributed by atoms with Crippen molar-refractivity contribution in [1.82, 2.24) is 5.32 Å². The summed E-state index contributed by atoms with van der Waals surface area (Å²) in [5.74, 6) is -4.46. The zero-order chi connectivity index (χ0) is 13.7. The number of anilines is 1. The SMILES string of the molecule is N#CCNC(=O)C(=O)Nc1c(F)cc(Br)cc1F. The average molecular weight is 318 g/mol. The van der Waals surface area contributed by atoms with Crippen LogP contribution in [-0.4, -0.2) is 18.4 Å². The quantitative estimate of drug-likeness (QED) is 0.637. The molecule has 0 aliphatic carbocycles. The minimum Gasteiger partial charge on any atom is -0.335 e. The van der Waals surface area contributed by atoms with Gasteiger partial charge in [0.15, 0.2) is 11.6 Å². The molecular weight excluding hydrogens is 312 g/mol. The van der Waals surface area contributed by atoms with E-state index in [0.717, 1.165) is 12.1 Å². The number of benzene rings is 1. The molecule has 0 heterocycles. The van der Waals surface area contributed by atoms with Crippen molar-refractivity contribution in [2.24, 2.45) is 0 Å². The summed E-state index contributed by atoms with van der Waals surface area (Å²) >= 11 is 2.87. The maximum Gasteiger partial charge on any atom is 0.313 e. The van der Waals surface area contributed by atoms with E-state index in [1.807, 2.05) is 5.32 Å². The lowest BCUT2D eigenvalue weighted by atomic mass is 10.3. The van der Waals surface area contributed by atoms with Gasteiger partial charge in [0.1, 0.15) is 12.2 Å². The van der Waals surface area contributed by atoms with Crippen molar-refractivity contribution in [3.05, 3.63) is 28.2 Å². The molecule has 1 aromatic carbocycles. The highest BCUT2D eigenvalue weighted by molar-refractivity contribution is 9.10. The van der Waals surface area contributed by atoms with Crippen LogP contribution in [0.2, 0.25) is 0 Å². The van der Waals surface area contributed by atoms with Crippen LogP contribution < -0.4 is 10.6 Å². The fourth-order valence-corrected chi connectivity index (χ4v) is 1.43. The Morgan fingerprint density at radius 1 is 1.28 bits per heavy atom. The average Bonchev–Trinajstić information content (AvgIpc) is 2.30. The van der Waals surface area contributed by atoms with Crippen LogP contribution in [0.1, 0.15) is 0 Å². The normalized spacial score (nSPS) is 9.44. The summed E-state index contributed by atoms with van der Waals surface area (Å²) in [5, 5.41) is 11.9. The summed E-state index contributed by atoms with van der Waals surface area (Å²) < 4.78 is 26.8. The smallest absolute Gasteiger partial charge is 0.313 e. The summed E-state index contributed by atoms with van der Waals surface area (Å²) in [7, 11) is 0. The van der Waals surface area contributed by atoms with Crippen LogP contribution in [0.3, 0.4) is 0 Å². The lowest BCUT2D eigenvalue weighted by molar-refractivity contribution is -0.136. The first kappa shape index (κ1) is 14.1. The molecule has 0 bridgehead atoms. The van der Waals surface area contributed by atoms with Gasteiger partial charge in [0.25, 0.3) is 0 Å². The molecule has 0 radical (unpaired) electrons. The molecule has 8 heteroatoms. The van der Waals surface area contributed by atoms with Crippen LogP contribution in [0, 0.1) is 23.0 Å². The maximum absolute atomic E-state index is 13.3. The Morgan fingerprint density at radius 2 is 1.83 bits per heavy atom. The Bertz CT molecular complexity index is 519. The van der Waals surface area contributed by atoms with E-state index in [1.165, 1.54) is 0 Å². The van der Waals surface area contributed by atoms with E-state index in [-0.39, 0.29) is 11.0 Å². The van der Waals surface area contributed by atoms with Crippen molar-refractivity contribution >= 4 is 33.4 Å². The second-order valence-electron chi connectivity index (χ2n) is 3.04. The van der Waals surface area contributed by atoms with Crippen molar-refractivity contribution in [1.29, 1.82) is 5.26 Å². The first-order chi connectivity index (χ1) is 8.45. The topological polar surface area (TPSA) is 82.0 Å². The predicted molar refractivity (Wildman–Crippen MR) is 61.3 cm³/mol. The monoisotopic (exact) mass is 317 g/mol. The van der Waals surface area contributed by atoms with Crippen molar-refractivity contribution in [2.45, 2.75) is 0 Å². The second kappa shape index (κ2) is 6.07. The lowest BCUT2D eigenvalue weighted by Gasteiger charge is -2.07. The third-order valence-electron chi connectivity index (χ3n) is 1.78. The molecular formula is C10H6BrF2N3O2. The number of amides is 2. The molecule has 0 unspecified atom stereocenters. The standard InChI is InChI=1S/C10H6BrF2N3O2/c11-5-3-6(12)8(7(13)4-5)16-10(18)9(17)15-2-1-14/h3-4H,2H2,(H,15,17)(H,16,18). The molecule has 0 saturated heterocycles. The number of halogens is 3. The Kier molecular flexibility index (Phi) is 4.74. The van der Waals surface area contributed by atoms with E-state index in [2.05, 4.69) is 15.9 Å². The largest absolute Gasteiger partial charge is 0.335 e. The van der Waals surface area contributed by atoms with Crippen LogP contribution in [-0.2, 0) is 9.59 Å². The zero-order valence-corrected chi connectivity index (χ0v) is 10.3.